The Morgan fingerprint density at radius 1 is 1.35 bits per heavy atom. The SMILES string of the molecule is CC(C)c1nc2sc3c(c2c(=O)n1CCCC(=O)O)CCCC3. The summed E-state index contributed by atoms with van der Waals surface area (Å²) in [5.74, 6) is 0.0774. The maximum absolute atomic E-state index is 13.0. The normalized spacial score (nSPS) is 14.4. The highest BCUT2D eigenvalue weighted by Crippen LogP contribution is 2.34. The molecule has 0 amide bonds. The van der Waals surface area contributed by atoms with Crippen molar-refractivity contribution >= 4 is 27.5 Å². The molecule has 2 aromatic rings. The van der Waals surface area contributed by atoms with Gasteiger partial charge in [-0.3, -0.25) is 14.2 Å². The first-order chi connectivity index (χ1) is 11.0. The molecule has 0 radical (unpaired) electrons. The molecule has 1 aliphatic carbocycles. The Hall–Kier alpha value is -1.69. The van der Waals surface area contributed by atoms with Gasteiger partial charge in [0.2, 0.25) is 0 Å². The smallest absolute Gasteiger partial charge is 0.303 e. The van der Waals surface area contributed by atoms with E-state index in [2.05, 4.69) is 0 Å². The van der Waals surface area contributed by atoms with Crippen molar-refractivity contribution in [3.05, 3.63) is 26.6 Å². The van der Waals surface area contributed by atoms with Crippen molar-refractivity contribution in [3.63, 3.8) is 0 Å². The van der Waals surface area contributed by atoms with E-state index in [1.165, 1.54) is 16.9 Å². The molecule has 1 aliphatic rings. The number of carbonyl (C=O) groups is 1. The van der Waals surface area contributed by atoms with Gasteiger partial charge in [0.25, 0.3) is 5.56 Å². The molecule has 0 saturated heterocycles. The van der Waals surface area contributed by atoms with E-state index >= 15 is 0 Å². The van der Waals surface area contributed by atoms with E-state index in [4.69, 9.17) is 10.1 Å². The molecular weight excluding hydrogens is 312 g/mol. The summed E-state index contributed by atoms with van der Waals surface area (Å²) in [5, 5.41) is 9.62. The number of carboxylic acid groups (broad SMARTS) is 1. The lowest BCUT2D eigenvalue weighted by Gasteiger charge is -2.15. The van der Waals surface area contributed by atoms with Gasteiger partial charge < -0.3 is 5.11 Å². The number of thiophene rings is 1. The molecule has 2 heterocycles. The third-order valence-electron chi connectivity index (χ3n) is 4.39. The third-order valence-corrected chi connectivity index (χ3v) is 5.58. The molecule has 0 spiro atoms. The Kier molecular flexibility index (Phi) is 4.53. The molecule has 0 fully saturated rings. The first-order valence-electron chi connectivity index (χ1n) is 8.25. The van der Waals surface area contributed by atoms with Gasteiger partial charge in [0.1, 0.15) is 10.7 Å². The summed E-state index contributed by atoms with van der Waals surface area (Å²) in [5.41, 5.74) is 1.21. The van der Waals surface area contributed by atoms with Gasteiger partial charge in [0, 0.05) is 23.8 Å². The molecule has 5 nitrogen and oxygen atoms in total. The lowest BCUT2D eigenvalue weighted by Crippen LogP contribution is -2.26. The van der Waals surface area contributed by atoms with Gasteiger partial charge in [0.05, 0.1) is 5.39 Å². The van der Waals surface area contributed by atoms with Crippen LogP contribution >= 0.6 is 11.3 Å². The van der Waals surface area contributed by atoms with E-state index in [1.54, 1.807) is 15.9 Å². The number of aryl methyl sites for hydroxylation is 2. The van der Waals surface area contributed by atoms with Gasteiger partial charge in [-0.15, -0.1) is 11.3 Å². The van der Waals surface area contributed by atoms with Crippen molar-refractivity contribution in [2.45, 2.75) is 64.8 Å². The topological polar surface area (TPSA) is 72.2 Å². The minimum atomic E-state index is -0.828. The molecule has 124 valence electrons. The Labute approximate surface area is 139 Å². The second kappa shape index (κ2) is 6.43. The molecule has 0 unspecified atom stereocenters. The summed E-state index contributed by atoms with van der Waals surface area (Å²) < 4.78 is 1.71. The maximum atomic E-state index is 13.0. The molecule has 0 atom stereocenters. The van der Waals surface area contributed by atoms with Crippen LogP contribution in [-0.4, -0.2) is 20.6 Å². The van der Waals surface area contributed by atoms with Crippen LogP contribution in [0, 0.1) is 0 Å². The average molecular weight is 334 g/mol. The summed E-state index contributed by atoms with van der Waals surface area (Å²) in [6, 6.07) is 0. The number of rotatable bonds is 5. The molecule has 0 aliphatic heterocycles. The summed E-state index contributed by atoms with van der Waals surface area (Å²) in [6.07, 6.45) is 4.85. The first-order valence-corrected chi connectivity index (χ1v) is 9.07. The van der Waals surface area contributed by atoms with Gasteiger partial charge in [-0.2, -0.15) is 0 Å². The molecule has 2 aromatic heterocycles. The molecule has 1 N–H and O–H groups in total. The molecular formula is C17H22N2O3S. The minimum absolute atomic E-state index is 0.0171. The fourth-order valence-electron chi connectivity index (χ4n) is 3.30. The maximum Gasteiger partial charge on any atom is 0.303 e. The van der Waals surface area contributed by atoms with Crippen LogP contribution in [0.25, 0.3) is 10.2 Å². The largest absolute Gasteiger partial charge is 0.481 e. The Morgan fingerprint density at radius 2 is 2.09 bits per heavy atom. The third kappa shape index (κ3) is 3.04. The van der Waals surface area contributed by atoms with Gasteiger partial charge in [0.15, 0.2) is 0 Å². The van der Waals surface area contributed by atoms with E-state index in [-0.39, 0.29) is 17.9 Å². The lowest BCUT2D eigenvalue weighted by molar-refractivity contribution is -0.137. The van der Waals surface area contributed by atoms with E-state index in [1.807, 2.05) is 13.8 Å². The number of carboxylic acids is 1. The summed E-state index contributed by atoms with van der Waals surface area (Å²) in [4.78, 5) is 30.7. The average Bonchev–Trinajstić information content (AvgIpc) is 2.87. The second-order valence-corrected chi connectivity index (χ2v) is 7.55. The fraction of sp³-hybridized carbons (Fsp3) is 0.588. The molecule has 23 heavy (non-hydrogen) atoms. The number of aromatic nitrogens is 2. The summed E-state index contributed by atoms with van der Waals surface area (Å²) >= 11 is 1.66. The summed E-state index contributed by atoms with van der Waals surface area (Å²) in [6.45, 7) is 4.47. The zero-order valence-corrected chi connectivity index (χ0v) is 14.4. The highest BCUT2D eigenvalue weighted by atomic mass is 32.1. The van der Waals surface area contributed by atoms with Crippen LogP contribution < -0.4 is 5.56 Å². The fourth-order valence-corrected chi connectivity index (χ4v) is 4.56. The Bertz CT molecular complexity index is 804. The van der Waals surface area contributed by atoms with Crippen LogP contribution in [0.5, 0.6) is 0 Å². The standard InChI is InChI=1S/C17H22N2O3S/c1-10(2)15-18-16-14(11-6-3-4-7-12(11)23-16)17(22)19(15)9-5-8-13(20)21/h10H,3-9H2,1-2H3,(H,20,21). The molecule has 0 aromatic carbocycles. The van der Waals surface area contributed by atoms with Crippen LogP contribution in [0.3, 0.4) is 0 Å². The molecule has 3 rings (SSSR count). The van der Waals surface area contributed by atoms with E-state index in [0.717, 1.165) is 35.3 Å². The predicted octanol–water partition coefficient (Wildman–Crippen LogP) is 3.33. The Balaban J connectivity index is 2.12. The molecule has 0 bridgehead atoms. The highest BCUT2D eigenvalue weighted by Gasteiger charge is 2.22. The second-order valence-electron chi connectivity index (χ2n) is 6.47. The first kappa shape index (κ1) is 16.2. The van der Waals surface area contributed by atoms with Crippen molar-refractivity contribution in [2.24, 2.45) is 0 Å². The zero-order valence-electron chi connectivity index (χ0n) is 13.6. The van der Waals surface area contributed by atoms with Crippen molar-refractivity contribution in [1.29, 1.82) is 0 Å². The van der Waals surface area contributed by atoms with Crippen molar-refractivity contribution in [1.82, 2.24) is 9.55 Å². The van der Waals surface area contributed by atoms with Crippen molar-refractivity contribution < 1.29 is 9.90 Å². The van der Waals surface area contributed by atoms with Crippen LogP contribution in [0.1, 0.15) is 61.7 Å². The number of aliphatic carboxylic acids is 1. The zero-order chi connectivity index (χ0) is 16.6. The quantitative estimate of drug-likeness (QED) is 0.910. The number of nitrogens with zero attached hydrogens (tertiary/aromatic N) is 2. The Morgan fingerprint density at radius 3 is 2.78 bits per heavy atom. The number of hydrogen-bond acceptors (Lipinski definition) is 4. The van der Waals surface area contributed by atoms with Crippen molar-refractivity contribution in [3.8, 4) is 0 Å². The van der Waals surface area contributed by atoms with Gasteiger partial charge in [-0.25, -0.2) is 4.98 Å². The molecule has 0 saturated carbocycles. The van der Waals surface area contributed by atoms with Crippen LogP contribution in [0.2, 0.25) is 0 Å². The monoisotopic (exact) mass is 334 g/mol. The lowest BCUT2D eigenvalue weighted by atomic mass is 9.97. The van der Waals surface area contributed by atoms with Crippen molar-refractivity contribution in [2.75, 3.05) is 0 Å². The van der Waals surface area contributed by atoms with Crippen LogP contribution in [-0.2, 0) is 24.2 Å². The van der Waals surface area contributed by atoms with Crippen LogP contribution in [0.4, 0.5) is 0 Å². The van der Waals surface area contributed by atoms with E-state index in [9.17, 15) is 9.59 Å². The van der Waals surface area contributed by atoms with Gasteiger partial charge >= 0.3 is 5.97 Å². The van der Waals surface area contributed by atoms with Gasteiger partial charge in [-0.1, -0.05) is 13.8 Å². The predicted molar refractivity (Wildman–Crippen MR) is 91.5 cm³/mol. The molecule has 6 heteroatoms. The van der Waals surface area contributed by atoms with Crippen LogP contribution in [0.15, 0.2) is 4.79 Å². The summed E-state index contributed by atoms with van der Waals surface area (Å²) in [7, 11) is 0. The number of hydrogen-bond donors (Lipinski definition) is 1. The van der Waals surface area contributed by atoms with Gasteiger partial charge in [-0.05, 0) is 37.7 Å². The van der Waals surface area contributed by atoms with E-state index < -0.39 is 5.97 Å². The minimum Gasteiger partial charge on any atom is -0.481 e. The van der Waals surface area contributed by atoms with E-state index in [0.29, 0.717) is 13.0 Å². The number of fused-ring (bicyclic) bond motifs is 3. The highest BCUT2D eigenvalue weighted by molar-refractivity contribution is 7.18.